The number of rotatable bonds is 0. The van der Waals surface area contributed by atoms with Gasteiger partial charge in [-0.05, 0) is 0 Å². The third kappa shape index (κ3) is 1.42. The van der Waals surface area contributed by atoms with Crippen LogP contribution in [0.4, 0.5) is 0 Å². The molecule has 0 aromatic carbocycles. The number of allylic oxidation sites excluding steroid dienone is 1. The molecule has 0 unspecified atom stereocenters. The maximum atomic E-state index is 3.27. The Balaban J connectivity index is 2.61. The molecule has 0 fully saturated rings. The molecule has 1 radical (unpaired) electrons. The molecule has 1 aliphatic rings. The second-order valence-corrected chi connectivity index (χ2v) is 13.0. The molecule has 0 aromatic rings. The molecule has 5 heavy (non-hydrogen) atoms. The zero-order valence-corrected chi connectivity index (χ0v) is 8.01. The molecule has 1 aliphatic heterocycles. The Morgan fingerprint density at radius 1 is 1.80 bits per heavy atom. The second kappa shape index (κ2) is 2.42. The van der Waals surface area contributed by atoms with Crippen molar-refractivity contribution >= 4 is 38.4 Å². The second-order valence-electron chi connectivity index (χ2n) is 0.703. The molecule has 0 saturated heterocycles. The molecule has 0 N–H and O–H groups in total. The molecule has 1 heterocycles. The summed E-state index contributed by atoms with van der Waals surface area (Å²) in [6.07, 6.45) is 2.13. The van der Waals surface area contributed by atoms with E-state index in [1.54, 1.807) is 0 Å². The van der Waals surface area contributed by atoms with Crippen LogP contribution in [0.15, 0.2) is 10.1 Å². The summed E-state index contributed by atoms with van der Waals surface area (Å²) >= 11 is 0.463. The first-order valence-corrected chi connectivity index (χ1v) is 14.1. The molecule has 0 spiro atoms. The summed E-state index contributed by atoms with van der Waals surface area (Å²) in [4.78, 5) is 0. The molecule has 25 valence electrons. The minimum absolute atomic E-state index is 0.187. The van der Waals surface area contributed by atoms with Crippen LogP contribution in [0.2, 0.25) is 0 Å². The van der Waals surface area contributed by atoms with Crippen molar-refractivity contribution in [1.82, 2.24) is 0 Å². The van der Waals surface area contributed by atoms with Gasteiger partial charge in [0.25, 0.3) is 0 Å². The first kappa shape index (κ1) is 4.41. The topological polar surface area (TPSA) is 0 Å². The van der Waals surface area contributed by atoms with Crippen LogP contribution in [0.25, 0.3) is 0 Å². The quantitative estimate of drug-likeness (QED) is 0.513. The average molecular weight is 283 g/mol. The van der Waals surface area contributed by atoms with Crippen LogP contribution in [0.5, 0.6) is 0 Å². The van der Waals surface area contributed by atoms with Crippen LogP contribution in [0, 0.1) is 0 Å². The summed E-state index contributed by atoms with van der Waals surface area (Å²) in [6.45, 7) is 0. The van der Waals surface area contributed by atoms with Gasteiger partial charge in [-0.15, -0.1) is 0 Å². The molecule has 0 aliphatic carbocycles. The van der Waals surface area contributed by atoms with Crippen LogP contribution < -0.4 is 0 Å². The van der Waals surface area contributed by atoms with E-state index in [9.17, 15) is 0 Å². The van der Waals surface area contributed by atoms with Gasteiger partial charge in [0.15, 0.2) is 0 Å². The van der Waals surface area contributed by atoms with Crippen molar-refractivity contribution in [3.63, 3.8) is 0 Å². The molecule has 0 saturated carbocycles. The predicted octanol–water partition coefficient (Wildman–Crippen LogP) is -0.751. The fourth-order valence-electron chi connectivity index (χ4n) is 0.186. The molecule has 0 nitrogen and oxygen atoms in total. The van der Waals surface area contributed by atoms with E-state index in [0.29, 0.717) is 0 Å². The van der Waals surface area contributed by atoms with E-state index in [2.05, 4.69) is 14.0 Å². The zero-order valence-electron chi connectivity index (χ0n) is 2.60. The summed E-state index contributed by atoms with van der Waals surface area (Å²) in [5.41, 5.74) is 0. The third-order valence-corrected chi connectivity index (χ3v) is 10.2. The van der Waals surface area contributed by atoms with Crippen molar-refractivity contribution in [3.05, 3.63) is 10.1 Å². The Labute approximate surface area is 48.0 Å². The van der Waals surface area contributed by atoms with Crippen molar-refractivity contribution in [1.29, 1.82) is 0 Å². The Morgan fingerprint density at radius 3 is 3.00 bits per heavy atom. The van der Waals surface area contributed by atoms with E-state index in [1.807, 2.05) is 0 Å². The monoisotopic (exact) mass is 281 g/mol. The van der Waals surface area contributed by atoms with Gasteiger partial charge in [0.05, 0.1) is 0 Å². The first-order chi connectivity index (χ1) is 2.50. The molecular formula is C3H3Sb2. The first-order valence-electron chi connectivity index (χ1n) is 1.36. The molecule has 0 atom stereocenters. The van der Waals surface area contributed by atoms with Crippen LogP contribution in [0.1, 0.15) is 0 Å². The predicted molar refractivity (Wildman–Crippen MR) is 27.0 cm³/mol. The van der Waals surface area contributed by atoms with E-state index < -0.39 is 0 Å². The Bertz CT molecular complexity index is 63.0. The van der Waals surface area contributed by atoms with Gasteiger partial charge < -0.3 is 0 Å². The van der Waals surface area contributed by atoms with Crippen molar-refractivity contribution < 1.29 is 0 Å². The van der Waals surface area contributed by atoms with E-state index in [1.165, 1.54) is 0 Å². The summed E-state index contributed by atoms with van der Waals surface area (Å²) < 4.78 is 5.63. The van der Waals surface area contributed by atoms with E-state index in [4.69, 9.17) is 0 Å². The Kier molecular flexibility index (Phi) is 2.14. The molecule has 1 rings (SSSR count). The van der Waals surface area contributed by atoms with Crippen LogP contribution in [-0.2, 0) is 0 Å². The van der Waals surface area contributed by atoms with E-state index in [-0.39, 0.29) is 34.5 Å². The van der Waals surface area contributed by atoms with Crippen molar-refractivity contribution in [2.45, 2.75) is 0 Å². The van der Waals surface area contributed by atoms with Crippen LogP contribution in [0.3, 0.4) is 0 Å². The Hall–Kier alpha value is 1.25. The van der Waals surface area contributed by atoms with Crippen LogP contribution >= 0.6 is 0 Å². The molecular weight excluding hydrogens is 280 g/mol. The van der Waals surface area contributed by atoms with Crippen molar-refractivity contribution in [3.8, 4) is 0 Å². The zero-order chi connectivity index (χ0) is 3.54. The number of hydrogen-bond donors (Lipinski definition) is 0. The molecule has 0 aromatic heterocycles. The van der Waals surface area contributed by atoms with E-state index in [0.717, 1.165) is 0 Å². The fraction of sp³-hybridized carbons (Fsp3) is 0. The van der Waals surface area contributed by atoms with Gasteiger partial charge in [-0.3, -0.25) is 0 Å². The van der Waals surface area contributed by atoms with E-state index >= 15 is 0 Å². The SMILES string of the molecule is [C]1=[Sb][SbH][CH]=C1. The average Bonchev–Trinajstić information content (AvgIpc) is 1.76. The summed E-state index contributed by atoms with van der Waals surface area (Å²) in [6, 6.07) is 0. The number of hydrogen-bond acceptors (Lipinski definition) is 0. The van der Waals surface area contributed by atoms with Gasteiger partial charge in [-0.1, -0.05) is 0 Å². The van der Waals surface area contributed by atoms with Gasteiger partial charge in [-0.25, -0.2) is 0 Å². The Morgan fingerprint density at radius 2 is 2.80 bits per heavy atom. The molecule has 2 heteroatoms. The third-order valence-electron chi connectivity index (χ3n) is 0.362. The van der Waals surface area contributed by atoms with Gasteiger partial charge in [0.1, 0.15) is 0 Å². The minimum atomic E-state index is 0.187. The molecule has 0 bridgehead atoms. The van der Waals surface area contributed by atoms with Gasteiger partial charge >= 0.3 is 48.5 Å². The molecule has 0 amide bonds. The summed E-state index contributed by atoms with van der Waals surface area (Å²) in [5, 5.41) is 0. The van der Waals surface area contributed by atoms with Gasteiger partial charge in [0, 0.05) is 0 Å². The maximum absolute atomic E-state index is 3.27. The van der Waals surface area contributed by atoms with Crippen LogP contribution in [-0.4, -0.2) is 38.4 Å². The van der Waals surface area contributed by atoms with Crippen molar-refractivity contribution in [2.24, 2.45) is 0 Å². The summed E-state index contributed by atoms with van der Waals surface area (Å²) in [7, 11) is 0. The summed E-state index contributed by atoms with van der Waals surface area (Å²) in [5.74, 6) is 0. The standard InChI is InChI=1S/C3H2.2Sb.H/c1-3-2;;;/h1,3H;;;. The normalized spacial score (nSPS) is 17.6. The van der Waals surface area contributed by atoms with Gasteiger partial charge in [-0.2, -0.15) is 0 Å². The van der Waals surface area contributed by atoms with Gasteiger partial charge in [0.2, 0.25) is 0 Å². The fourth-order valence-corrected chi connectivity index (χ4v) is 8.39. The van der Waals surface area contributed by atoms with Crippen molar-refractivity contribution in [2.75, 3.05) is 0 Å².